The predicted molar refractivity (Wildman–Crippen MR) is 54.9 cm³/mol. The van der Waals surface area contributed by atoms with Gasteiger partial charge in [0.05, 0.1) is 11.7 Å². The van der Waals surface area contributed by atoms with Crippen LogP contribution in [0.2, 0.25) is 0 Å². The monoisotopic (exact) mass is 251 g/mol. The van der Waals surface area contributed by atoms with Gasteiger partial charge in [0.25, 0.3) is 0 Å². The van der Waals surface area contributed by atoms with Crippen LogP contribution < -0.4 is 5.32 Å². The van der Waals surface area contributed by atoms with E-state index in [9.17, 15) is 22.7 Å². The first-order valence-corrected chi connectivity index (χ1v) is 5.11. The Balaban J connectivity index is 3.06. The summed E-state index contributed by atoms with van der Waals surface area (Å²) in [5, 5.41) is 12.3. The third-order valence-electron chi connectivity index (χ3n) is 2.27. The zero-order chi connectivity index (χ0) is 13.1. The third-order valence-corrected chi connectivity index (χ3v) is 2.27. The highest BCUT2D eigenvalue weighted by atomic mass is 19.4. The number of aliphatic hydroxyl groups is 1. The van der Waals surface area contributed by atoms with Crippen LogP contribution in [0.25, 0.3) is 0 Å². The minimum Gasteiger partial charge on any atom is -0.387 e. The van der Waals surface area contributed by atoms with E-state index < -0.39 is 23.7 Å². The number of rotatable bonds is 4. The molecule has 0 amide bonds. The van der Waals surface area contributed by atoms with Gasteiger partial charge in [-0.15, -0.1) is 0 Å². The molecule has 0 saturated heterocycles. The molecule has 2 nitrogen and oxygen atoms in total. The van der Waals surface area contributed by atoms with Gasteiger partial charge in [0.1, 0.15) is 5.82 Å². The van der Waals surface area contributed by atoms with Crippen LogP contribution in [0.5, 0.6) is 0 Å². The molecule has 0 aliphatic rings. The summed E-state index contributed by atoms with van der Waals surface area (Å²) in [6.07, 6.45) is -5.99. The maximum atomic E-state index is 12.8. The van der Waals surface area contributed by atoms with Gasteiger partial charge in [-0.1, -0.05) is 13.0 Å². The van der Waals surface area contributed by atoms with Crippen LogP contribution >= 0.6 is 0 Å². The fraction of sp³-hybridized carbons (Fsp3) is 0.455. The molecule has 6 heteroatoms. The number of hydrogen-bond acceptors (Lipinski definition) is 2. The van der Waals surface area contributed by atoms with Crippen molar-refractivity contribution in [1.29, 1.82) is 0 Å². The highest BCUT2D eigenvalue weighted by Gasteiger charge is 2.35. The second kappa shape index (κ2) is 5.46. The van der Waals surface area contributed by atoms with Crippen LogP contribution in [0.15, 0.2) is 18.2 Å². The third kappa shape index (κ3) is 3.67. The van der Waals surface area contributed by atoms with Crippen molar-refractivity contribution in [3.63, 3.8) is 0 Å². The molecular formula is C11H13F4NO. The normalized spacial score (nSPS) is 13.8. The summed E-state index contributed by atoms with van der Waals surface area (Å²) < 4.78 is 50.6. The Morgan fingerprint density at radius 3 is 2.53 bits per heavy atom. The van der Waals surface area contributed by atoms with E-state index in [-0.39, 0.29) is 12.1 Å². The molecule has 0 saturated carbocycles. The summed E-state index contributed by atoms with van der Waals surface area (Å²) in [7, 11) is 0. The molecule has 0 aliphatic carbocycles. The molecule has 2 N–H and O–H groups in total. The van der Waals surface area contributed by atoms with Crippen molar-refractivity contribution in [1.82, 2.24) is 5.32 Å². The Kier molecular flexibility index (Phi) is 4.47. The number of likely N-dealkylation sites (N-methyl/N-ethyl adjacent to an activating group) is 1. The molecule has 0 radical (unpaired) electrons. The average Bonchev–Trinajstić information content (AvgIpc) is 2.24. The summed E-state index contributed by atoms with van der Waals surface area (Å²) in [4.78, 5) is 0. The smallest absolute Gasteiger partial charge is 0.387 e. The second-order valence-electron chi connectivity index (χ2n) is 3.55. The Morgan fingerprint density at radius 1 is 1.35 bits per heavy atom. The molecule has 96 valence electrons. The first-order chi connectivity index (χ1) is 7.86. The van der Waals surface area contributed by atoms with Crippen molar-refractivity contribution in [2.45, 2.75) is 19.2 Å². The molecule has 1 atom stereocenters. The topological polar surface area (TPSA) is 32.3 Å². The molecule has 1 rings (SSSR count). The van der Waals surface area contributed by atoms with E-state index in [0.29, 0.717) is 12.6 Å². The number of hydrogen-bond donors (Lipinski definition) is 2. The van der Waals surface area contributed by atoms with Gasteiger partial charge in [-0.3, -0.25) is 0 Å². The van der Waals surface area contributed by atoms with Crippen molar-refractivity contribution in [2.24, 2.45) is 0 Å². The summed E-state index contributed by atoms with van der Waals surface area (Å²) >= 11 is 0. The van der Waals surface area contributed by atoms with E-state index in [1.165, 1.54) is 0 Å². The lowest BCUT2D eigenvalue weighted by Gasteiger charge is -2.17. The number of nitrogens with one attached hydrogen (secondary N) is 1. The number of benzene rings is 1. The number of aliphatic hydroxyl groups excluding tert-OH is 1. The molecule has 0 aromatic heterocycles. The highest BCUT2D eigenvalue weighted by molar-refractivity contribution is 5.32. The fourth-order valence-corrected chi connectivity index (χ4v) is 1.46. The number of alkyl halides is 3. The lowest BCUT2D eigenvalue weighted by atomic mass is 10.0. The van der Waals surface area contributed by atoms with Crippen molar-refractivity contribution in [3.8, 4) is 0 Å². The van der Waals surface area contributed by atoms with Gasteiger partial charge in [0.2, 0.25) is 0 Å². The van der Waals surface area contributed by atoms with E-state index in [1.54, 1.807) is 6.92 Å². The Bertz CT molecular complexity index is 378. The van der Waals surface area contributed by atoms with Crippen molar-refractivity contribution in [2.75, 3.05) is 13.1 Å². The summed E-state index contributed by atoms with van der Waals surface area (Å²) in [6.45, 7) is 2.28. The summed E-state index contributed by atoms with van der Waals surface area (Å²) in [6, 6.07) is 2.25. The maximum Gasteiger partial charge on any atom is 0.416 e. The zero-order valence-corrected chi connectivity index (χ0v) is 9.18. The SMILES string of the molecule is CCNCC(O)c1ccc(F)cc1C(F)(F)F. The van der Waals surface area contributed by atoms with Crippen LogP contribution in [0.3, 0.4) is 0 Å². The highest BCUT2D eigenvalue weighted by Crippen LogP contribution is 2.34. The molecule has 0 fully saturated rings. The lowest BCUT2D eigenvalue weighted by molar-refractivity contribution is -0.139. The molecular weight excluding hydrogens is 238 g/mol. The fourth-order valence-electron chi connectivity index (χ4n) is 1.46. The standard InChI is InChI=1S/C11H13F4NO/c1-2-16-6-10(17)8-4-3-7(12)5-9(8)11(13,14)15/h3-5,10,16-17H,2,6H2,1H3. The van der Waals surface area contributed by atoms with Gasteiger partial charge in [0.15, 0.2) is 0 Å². The molecule has 0 heterocycles. The summed E-state index contributed by atoms with van der Waals surface area (Å²) in [5.74, 6) is -0.975. The van der Waals surface area contributed by atoms with E-state index in [4.69, 9.17) is 0 Å². The maximum absolute atomic E-state index is 12.8. The van der Waals surface area contributed by atoms with Crippen LogP contribution in [0.1, 0.15) is 24.2 Å². The van der Waals surface area contributed by atoms with Crippen LogP contribution in [-0.4, -0.2) is 18.2 Å². The lowest BCUT2D eigenvalue weighted by Crippen LogP contribution is -2.23. The molecule has 1 unspecified atom stereocenters. The Morgan fingerprint density at radius 2 is 2.00 bits per heavy atom. The summed E-state index contributed by atoms with van der Waals surface area (Å²) in [5.41, 5.74) is -1.46. The van der Waals surface area contributed by atoms with E-state index in [2.05, 4.69) is 5.32 Å². The average molecular weight is 251 g/mol. The van der Waals surface area contributed by atoms with E-state index in [1.807, 2.05) is 0 Å². The van der Waals surface area contributed by atoms with Crippen LogP contribution in [-0.2, 0) is 6.18 Å². The minimum atomic E-state index is -4.68. The van der Waals surface area contributed by atoms with Gasteiger partial charge in [-0.05, 0) is 24.2 Å². The van der Waals surface area contributed by atoms with Gasteiger partial charge < -0.3 is 10.4 Å². The Labute approximate surface area is 96.3 Å². The quantitative estimate of drug-likeness (QED) is 0.806. The van der Waals surface area contributed by atoms with Gasteiger partial charge in [-0.2, -0.15) is 13.2 Å². The minimum absolute atomic E-state index is 0.00872. The van der Waals surface area contributed by atoms with Crippen LogP contribution in [0, 0.1) is 5.82 Å². The van der Waals surface area contributed by atoms with Crippen molar-refractivity contribution in [3.05, 3.63) is 35.1 Å². The van der Waals surface area contributed by atoms with E-state index >= 15 is 0 Å². The van der Waals surface area contributed by atoms with Gasteiger partial charge in [0, 0.05) is 6.54 Å². The largest absolute Gasteiger partial charge is 0.416 e. The van der Waals surface area contributed by atoms with Crippen molar-refractivity contribution < 1.29 is 22.7 Å². The van der Waals surface area contributed by atoms with Gasteiger partial charge >= 0.3 is 6.18 Å². The Hall–Kier alpha value is -1.14. The zero-order valence-electron chi connectivity index (χ0n) is 9.18. The van der Waals surface area contributed by atoms with Gasteiger partial charge in [-0.25, -0.2) is 4.39 Å². The first-order valence-electron chi connectivity index (χ1n) is 5.11. The molecule has 0 spiro atoms. The molecule has 1 aromatic carbocycles. The van der Waals surface area contributed by atoms with Crippen molar-refractivity contribution >= 4 is 0 Å². The first kappa shape index (κ1) is 13.9. The van der Waals surface area contributed by atoms with E-state index in [0.717, 1.165) is 12.1 Å². The predicted octanol–water partition coefficient (Wildman–Crippen LogP) is 2.49. The molecule has 1 aromatic rings. The van der Waals surface area contributed by atoms with Crippen LogP contribution in [0.4, 0.5) is 17.6 Å². The second-order valence-corrected chi connectivity index (χ2v) is 3.55. The molecule has 0 aliphatic heterocycles. The molecule has 17 heavy (non-hydrogen) atoms. The number of halogens is 4. The molecule has 0 bridgehead atoms.